The summed E-state index contributed by atoms with van der Waals surface area (Å²) in [6, 6.07) is 14.2. The van der Waals surface area contributed by atoms with Crippen LogP contribution < -0.4 is 20.7 Å². The van der Waals surface area contributed by atoms with Crippen molar-refractivity contribution in [3.63, 3.8) is 0 Å². The number of unbranched alkanes of at least 4 members (excludes halogenated alkanes) is 4. The molecule has 0 aliphatic rings. The minimum Gasteiger partial charge on any atom is -0.494 e. The van der Waals surface area contributed by atoms with Gasteiger partial charge in [-0.3, -0.25) is 9.59 Å². The molecule has 0 aliphatic carbocycles. The van der Waals surface area contributed by atoms with E-state index in [1.807, 2.05) is 6.92 Å². The number of carbonyl (C=O) groups excluding carboxylic acids is 2. The van der Waals surface area contributed by atoms with E-state index in [9.17, 15) is 9.59 Å². The van der Waals surface area contributed by atoms with E-state index < -0.39 is 0 Å². The van der Waals surface area contributed by atoms with Crippen molar-refractivity contribution in [3.05, 3.63) is 54.1 Å². The first kappa shape index (κ1) is 24.3. The van der Waals surface area contributed by atoms with Gasteiger partial charge in [0.1, 0.15) is 5.75 Å². The van der Waals surface area contributed by atoms with Gasteiger partial charge in [-0.25, -0.2) is 0 Å². The van der Waals surface area contributed by atoms with E-state index in [4.69, 9.17) is 17.0 Å². The highest BCUT2D eigenvalue weighted by Gasteiger charge is 2.13. The molecule has 2 aromatic carbocycles. The quantitative estimate of drug-likeness (QED) is 0.316. The van der Waals surface area contributed by atoms with Crippen molar-refractivity contribution in [1.29, 1.82) is 0 Å². The average molecular weight is 442 g/mol. The minimum atomic E-state index is -0.280. The van der Waals surface area contributed by atoms with Gasteiger partial charge < -0.3 is 20.7 Å². The standard InChI is InChI=1S/C24H31N3O3S/c1-3-5-6-7-8-13-22(28)27-24(31)26-21-12-10-9-11-20(21)23(29)25-18-14-16-19(17-15-18)30-4-2/h9-12,14-17H,3-8,13H2,1-2H3,(H,25,29)(H2,26,27,28,31). The number of ether oxygens (including phenoxy) is 1. The lowest BCUT2D eigenvalue weighted by atomic mass is 10.1. The van der Waals surface area contributed by atoms with Gasteiger partial charge in [0.05, 0.1) is 17.9 Å². The Morgan fingerprint density at radius 3 is 2.32 bits per heavy atom. The second-order valence-electron chi connectivity index (χ2n) is 7.12. The van der Waals surface area contributed by atoms with Crippen molar-refractivity contribution in [2.45, 2.75) is 52.4 Å². The fourth-order valence-electron chi connectivity index (χ4n) is 3.02. The Balaban J connectivity index is 1.91. The van der Waals surface area contributed by atoms with E-state index in [-0.39, 0.29) is 16.9 Å². The van der Waals surface area contributed by atoms with E-state index in [1.54, 1.807) is 48.5 Å². The number of benzene rings is 2. The highest BCUT2D eigenvalue weighted by Crippen LogP contribution is 2.19. The summed E-state index contributed by atoms with van der Waals surface area (Å²) in [5.41, 5.74) is 1.61. The number of amides is 2. The molecule has 2 aromatic rings. The number of carbonyl (C=O) groups is 2. The second kappa shape index (κ2) is 13.4. The van der Waals surface area contributed by atoms with E-state index in [2.05, 4.69) is 22.9 Å². The maximum atomic E-state index is 12.8. The van der Waals surface area contributed by atoms with Gasteiger partial charge in [-0.15, -0.1) is 0 Å². The van der Waals surface area contributed by atoms with Gasteiger partial charge >= 0.3 is 0 Å². The normalized spacial score (nSPS) is 10.3. The van der Waals surface area contributed by atoms with Gasteiger partial charge in [-0.05, 0) is 62.0 Å². The molecule has 0 aromatic heterocycles. The van der Waals surface area contributed by atoms with Gasteiger partial charge in [0.15, 0.2) is 5.11 Å². The Bertz CT molecular complexity index is 869. The summed E-state index contributed by atoms with van der Waals surface area (Å²) in [6.45, 7) is 4.66. The van der Waals surface area contributed by atoms with Gasteiger partial charge in [-0.1, -0.05) is 44.7 Å². The molecule has 0 saturated carbocycles. The predicted octanol–water partition coefficient (Wildman–Crippen LogP) is 5.51. The summed E-state index contributed by atoms with van der Waals surface area (Å²) in [7, 11) is 0. The van der Waals surface area contributed by atoms with Crippen LogP contribution in [-0.2, 0) is 4.79 Å². The molecule has 31 heavy (non-hydrogen) atoms. The fraction of sp³-hybridized carbons (Fsp3) is 0.375. The first-order valence-corrected chi connectivity index (χ1v) is 11.2. The van der Waals surface area contributed by atoms with Crippen LogP contribution >= 0.6 is 12.2 Å². The van der Waals surface area contributed by atoms with Crippen LogP contribution in [0.3, 0.4) is 0 Å². The number of para-hydroxylation sites is 1. The first-order chi connectivity index (χ1) is 15.0. The molecule has 3 N–H and O–H groups in total. The molecule has 7 heteroatoms. The molecule has 0 radical (unpaired) electrons. The lowest BCUT2D eigenvalue weighted by molar-refractivity contribution is -0.119. The fourth-order valence-corrected chi connectivity index (χ4v) is 3.25. The smallest absolute Gasteiger partial charge is 0.257 e. The zero-order valence-electron chi connectivity index (χ0n) is 18.2. The van der Waals surface area contributed by atoms with E-state index in [1.165, 1.54) is 12.8 Å². The van der Waals surface area contributed by atoms with E-state index in [0.29, 0.717) is 30.0 Å². The number of thiocarbonyl (C=S) groups is 1. The number of nitrogens with one attached hydrogen (secondary N) is 3. The summed E-state index contributed by atoms with van der Waals surface area (Å²) >= 11 is 5.26. The highest BCUT2D eigenvalue weighted by atomic mass is 32.1. The van der Waals surface area contributed by atoms with Crippen molar-refractivity contribution >= 4 is 40.5 Å². The zero-order chi connectivity index (χ0) is 22.5. The van der Waals surface area contributed by atoms with Crippen LogP contribution in [0.1, 0.15) is 62.7 Å². The third-order valence-corrected chi connectivity index (χ3v) is 4.81. The lowest BCUT2D eigenvalue weighted by Crippen LogP contribution is -2.34. The van der Waals surface area contributed by atoms with E-state index in [0.717, 1.165) is 25.0 Å². The Kier molecular flexibility index (Phi) is 10.5. The van der Waals surface area contributed by atoms with Crippen LogP contribution in [0, 0.1) is 0 Å². The van der Waals surface area contributed by atoms with Crippen molar-refractivity contribution in [2.75, 3.05) is 17.2 Å². The lowest BCUT2D eigenvalue weighted by Gasteiger charge is -2.14. The molecule has 166 valence electrons. The monoisotopic (exact) mass is 441 g/mol. The van der Waals surface area contributed by atoms with Crippen molar-refractivity contribution < 1.29 is 14.3 Å². The van der Waals surface area contributed by atoms with Crippen LogP contribution in [0.15, 0.2) is 48.5 Å². The van der Waals surface area contributed by atoms with Crippen molar-refractivity contribution in [1.82, 2.24) is 5.32 Å². The Morgan fingerprint density at radius 1 is 0.903 bits per heavy atom. The van der Waals surface area contributed by atoms with Crippen LogP contribution in [0.25, 0.3) is 0 Å². The number of hydrogen-bond acceptors (Lipinski definition) is 4. The van der Waals surface area contributed by atoms with Crippen LogP contribution in [-0.4, -0.2) is 23.5 Å². The molecule has 2 rings (SSSR count). The average Bonchev–Trinajstić information content (AvgIpc) is 2.75. The molecule has 6 nitrogen and oxygen atoms in total. The zero-order valence-corrected chi connectivity index (χ0v) is 19.0. The molecule has 0 aliphatic heterocycles. The Labute approximate surface area is 189 Å². The van der Waals surface area contributed by atoms with Gasteiger partial charge in [-0.2, -0.15) is 0 Å². The molecule has 0 saturated heterocycles. The van der Waals surface area contributed by atoms with Crippen LogP contribution in [0.4, 0.5) is 11.4 Å². The van der Waals surface area contributed by atoms with Crippen LogP contribution in [0.5, 0.6) is 5.75 Å². The largest absolute Gasteiger partial charge is 0.494 e. The number of rotatable bonds is 11. The maximum Gasteiger partial charge on any atom is 0.257 e. The summed E-state index contributed by atoms with van der Waals surface area (Å²) in [6.07, 6.45) is 5.82. The number of anilines is 2. The third-order valence-electron chi connectivity index (χ3n) is 4.60. The maximum absolute atomic E-state index is 12.8. The van der Waals surface area contributed by atoms with Crippen LogP contribution in [0.2, 0.25) is 0 Å². The molecule has 0 heterocycles. The molecular formula is C24H31N3O3S. The predicted molar refractivity (Wildman–Crippen MR) is 130 cm³/mol. The third kappa shape index (κ3) is 8.76. The number of hydrogen-bond donors (Lipinski definition) is 3. The summed E-state index contributed by atoms with van der Waals surface area (Å²) < 4.78 is 5.42. The Hall–Kier alpha value is -2.93. The minimum absolute atomic E-state index is 0.120. The van der Waals surface area contributed by atoms with Crippen molar-refractivity contribution in [3.8, 4) is 5.75 Å². The van der Waals surface area contributed by atoms with Gasteiger partial charge in [0.25, 0.3) is 5.91 Å². The second-order valence-corrected chi connectivity index (χ2v) is 7.53. The molecule has 0 spiro atoms. The van der Waals surface area contributed by atoms with Gasteiger partial charge in [0, 0.05) is 12.1 Å². The van der Waals surface area contributed by atoms with Gasteiger partial charge in [0.2, 0.25) is 5.91 Å². The summed E-state index contributed by atoms with van der Waals surface area (Å²) in [4.78, 5) is 24.8. The van der Waals surface area contributed by atoms with E-state index >= 15 is 0 Å². The SMILES string of the molecule is CCCCCCCC(=O)NC(=S)Nc1ccccc1C(=O)Nc1ccc(OCC)cc1. The summed E-state index contributed by atoms with van der Waals surface area (Å²) in [5.74, 6) is 0.344. The first-order valence-electron chi connectivity index (χ1n) is 10.8. The molecule has 0 fully saturated rings. The highest BCUT2D eigenvalue weighted by molar-refractivity contribution is 7.80. The topological polar surface area (TPSA) is 79.5 Å². The molecule has 0 atom stereocenters. The molecule has 0 unspecified atom stereocenters. The summed E-state index contributed by atoms with van der Waals surface area (Å²) in [5, 5.41) is 8.69. The van der Waals surface area contributed by atoms with Crippen molar-refractivity contribution in [2.24, 2.45) is 0 Å². The molecular weight excluding hydrogens is 410 g/mol. The molecule has 0 bridgehead atoms. The molecule has 2 amide bonds. The Morgan fingerprint density at radius 2 is 1.61 bits per heavy atom.